The smallest absolute Gasteiger partial charge is 0.157 e. The SMILES string of the molecule is OCc1cnc(-n2cnc3ccccc32)c(Cl)c1. The lowest BCUT2D eigenvalue weighted by atomic mass is 10.3. The Labute approximate surface area is 108 Å². The van der Waals surface area contributed by atoms with Gasteiger partial charge in [-0.3, -0.25) is 4.57 Å². The van der Waals surface area contributed by atoms with E-state index in [1.807, 2.05) is 28.8 Å². The second-order valence-electron chi connectivity index (χ2n) is 3.91. The van der Waals surface area contributed by atoms with Gasteiger partial charge in [0.05, 0.1) is 22.7 Å². The number of para-hydroxylation sites is 2. The Bertz CT molecular complexity index is 708. The number of halogens is 1. The molecule has 1 N–H and O–H groups in total. The Morgan fingerprint density at radius 2 is 2.06 bits per heavy atom. The molecule has 18 heavy (non-hydrogen) atoms. The summed E-state index contributed by atoms with van der Waals surface area (Å²) in [6, 6.07) is 9.47. The topological polar surface area (TPSA) is 50.9 Å². The van der Waals surface area contributed by atoms with Crippen molar-refractivity contribution in [1.82, 2.24) is 14.5 Å². The molecule has 0 aliphatic heterocycles. The molecule has 0 aliphatic rings. The van der Waals surface area contributed by atoms with Crippen LogP contribution in [-0.2, 0) is 6.61 Å². The van der Waals surface area contributed by atoms with E-state index < -0.39 is 0 Å². The van der Waals surface area contributed by atoms with Gasteiger partial charge in [0.15, 0.2) is 5.82 Å². The van der Waals surface area contributed by atoms with Crippen molar-refractivity contribution in [3.05, 3.63) is 53.4 Å². The van der Waals surface area contributed by atoms with Crippen molar-refractivity contribution in [2.45, 2.75) is 6.61 Å². The van der Waals surface area contributed by atoms with Crippen LogP contribution in [0.5, 0.6) is 0 Å². The van der Waals surface area contributed by atoms with E-state index in [1.54, 1.807) is 18.6 Å². The summed E-state index contributed by atoms with van der Waals surface area (Å²) in [4.78, 5) is 8.57. The van der Waals surface area contributed by atoms with E-state index >= 15 is 0 Å². The number of rotatable bonds is 2. The van der Waals surface area contributed by atoms with Crippen molar-refractivity contribution in [3.63, 3.8) is 0 Å². The lowest BCUT2D eigenvalue weighted by molar-refractivity contribution is 0.281. The molecule has 0 spiro atoms. The number of hydrogen-bond acceptors (Lipinski definition) is 3. The largest absolute Gasteiger partial charge is 0.392 e. The average molecular weight is 260 g/mol. The van der Waals surface area contributed by atoms with Crippen LogP contribution in [0.3, 0.4) is 0 Å². The Morgan fingerprint density at radius 3 is 2.83 bits per heavy atom. The molecular weight excluding hydrogens is 250 g/mol. The Balaban J connectivity index is 2.20. The highest BCUT2D eigenvalue weighted by Gasteiger charge is 2.09. The van der Waals surface area contributed by atoms with Gasteiger partial charge in [0.1, 0.15) is 6.33 Å². The fourth-order valence-electron chi connectivity index (χ4n) is 1.86. The van der Waals surface area contributed by atoms with Crippen molar-refractivity contribution >= 4 is 22.6 Å². The summed E-state index contributed by atoms with van der Waals surface area (Å²) in [7, 11) is 0. The highest BCUT2D eigenvalue weighted by atomic mass is 35.5. The van der Waals surface area contributed by atoms with E-state index in [-0.39, 0.29) is 6.61 Å². The fraction of sp³-hybridized carbons (Fsp3) is 0.0769. The van der Waals surface area contributed by atoms with E-state index in [2.05, 4.69) is 9.97 Å². The van der Waals surface area contributed by atoms with Gasteiger partial charge in [0, 0.05) is 6.20 Å². The molecule has 3 aromatic rings. The van der Waals surface area contributed by atoms with Crippen molar-refractivity contribution < 1.29 is 5.11 Å². The minimum absolute atomic E-state index is 0.0717. The number of imidazole rings is 1. The third-order valence-corrected chi connectivity index (χ3v) is 3.02. The number of aliphatic hydroxyl groups is 1. The monoisotopic (exact) mass is 259 g/mol. The highest BCUT2D eigenvalue weighted by Crippen LogP contribution is 2.23. The van der Waals surface area contributed by atoms with E-state index in [4.69, 9.17) is 16.7 Å². The van der Waals surface area contributed by atoms with Crippen molar-refractivity contribution in [2.24, 2.45) is 0 Å². The normalized spacial score (nSPS) is 11.0. The summed E-state index contributed by atoms with van der Waals surface area (Å²) < 4.78 is 1.83. The number of fused-ring (bicyclic) bond motifs is 1. The maximum absolute atomic E-state index is 9.04. The lowest BCUT2D eigenvalue weighted by Gasteiger charge is -2.06. The molecule has 1 aromatic carbocycles. The molecule has 0 fully saturated rings. The third-order valence-electron chi connectivity index (χ3n) is 2.74. The van der Waals surface area contributed by atoms with Gasteiger partial charge >= 0.3 is 0 Å². The van der Waals surface area contributed by atoms with E-state index in [9.17, 15) is 0 Å². The van der Waals surface area contributed by atoms with Gasteiger partial charge < -0.3 is 5.11 Å². The first-order valence-electron chi connectivity index (χ1n) is 5.47. The maximum atomic E-state index is 9.04. The average Bonchev–Trinajstić information content (AvgIpc) is 2.82. The fourth-order valence-corrected chi connectivity index (χ4v) is 2.14. The zero-order chi connectivity index (χ0) is 12.5. The van der Waals surface area contributed by atoms with E-state index in [0.29, 0.717) is 16.4 Å². The second-order valence-corrected chi connectivity index (χ2v) is 4.32. The molecule has 90 valence electrons. The predicted octanol–water partition coefficient (Wildman–Crippen LogP) is 2.57. The summed E-state index contributed by atoms with van der Waals surface area (Å²) >= 11 is 6.18. The summed E-state index contributed by atoms with van der Waals surface area (Å²) in [6.07, 6.45) is 3.30. The molecule has 2 heterocycles. The zero-order valence-corrected chi connectivity index (χ0v) is 10.2. The number of aliphatic hydroxyl groups excluding tert-OH is 1. The zero-order valence-electron chi connectivity index (χ0n) is 9.42. The van der Waals surface area contributed by atoms with E-state index in [0.717, 1.165) is 11.0 Å². The molecule has 3 rings (SSSR count). The quantitative estimate of drug-likeness (QED) is 0.770. The van der Waals surface area contributed by atoms with Crippen molar-refractivity contribution in [1.29, 1.82) is 0 Å². The van der Waals surface area contributed by atoms with Gasteiger partial charge in [-0.25, -0.2) is 9.97 Å². The molecule has 0 unspecified atom stereocenters. The first-order chi connectivity index (χ1) is 8.79. The lowest BCUT2D eigenvalue weighted by Crippen LogP contribution is -1.98. The molecule has 0 amide bonds. The van der Waals surface area contributed by atoms with Gasteiger partial charge in [-0.2, -0.15) is 0 Å². The second kappa shape index (κ2) is 4.40. The standard InChI is InChI=1S/C13H10ClN3O/c14-10-5-9(7-18)6-15-13(10)17-8-16-11-3-1-2-4-12(11)17/h1-6,8,18H,7H2. The molecule has 0 radical (unpaired) electrons. The number of benzene rings is 1. The van der Waals surface area contributed by atoms with Gasteiger partial charge in [0.25, 0.3) is 0 Å². The molecular formula is C13H10ClN3O. The van der Waals surface area contributed by atoms with Crippen LogP contribution >= 0.6 is 11.6 Å². The Morgan fingerprint density at radius 1 is 1.22 bits per heavy atom. The number of nitrogens with zero attached hydrogens (tertiary/aromatic N) is 3. The molecule has 0 bridgehead atoms. The third kappa shape index (κ3) is 1.75. The van der Waals surface area contributed by atoms with Crippen LogP contribution in [0.2, 0.25) is 5.02 Å². The van der Waals surface area contributed by atoms with Gasteiger partial charge in [-0.05, 0) is 23.8 Å². The first-order valence-corrected chi connectivity index (χ1v) is 5.85. The Kier molecular flexibility index (Phi) is 2.74. The molecule has 0 saturated heterocycles. The van der Waals surface area contributed by atoms with Gasteiger partial charge in [0.2, 0.25) is 0 Å². The maximum Gasteiger partial charge on any atom is 0.157 e. The van der Waals surface area contributed by atoms with E-state index in [1.165, 1.54) is 0 Å². The van der Waals surface area contributed by atoms with Gasteiger partial charge in [-0.1, -0.05) is 23.7 Å². The van der Waals surface area contributed by atoms with Crippen molar-refractivity contribution in [2.75, 3.05) is 0 Å². The first kappa shape index (κ1) is 11.2. The van der Waals surface area contributed by atoms with Crippen LogP contribution in [0.1, 0.15) is 5.56 Å². The summed E-state index contributed by atoms with van der Waals surface area (Å²) in [5.41, 5.74) is 2.53. The van der Waals surface area contributed by atoms with Crippen LogP contribution in [-0.4, -0.2) is 19.6 Å². The number of pyridine rings is 1. The highest BCUT2D eigenvalue weighted by molar-refractivity contribution is 6.32. The number of hydrogen-bond donors (Lipinski definition) is 1. The molecule has 4 nitrogen and oxygen atoms in total. The van der Waals surface area contributed by atoms with Crippen LogP contribution in [0.4, 0.5) is 0 Å². The molecule has 5 heteroatoms. The number of aromatic nitrogens is 3. The van der Waals surface area contributed by atoms with Crippen LogP contribution in [0.25, 0.3) is 16.9 Å². The predicted molar refractivity (Wildman–Crippen MR) is 69.8 cm³/mol. The molecule has 0 saturated carbocycles. The summed E-state index contributed by atoms with van der Waals surface area (Å²) in [5, 5.41) is 9.53. The molecule has 2 aromatic heterocycles. The molecule has 0 aliphatic carbocycles. The summed E-state index contributed by atoms with van der Waals surface area (Å²) in [5.74, 6) is 0.613. The van der Waals surface area contributed by atoms with Gasteiger partial charge in [-0.15, -0.1) is 0 Å². The van der Waals surface area contributed by atoms with Crippen LogP contribution in [0.15, 0.2) is 42.9 Å². The van der Waals surface area contributed by atoms with Crippen molar-refractivity contribution in [3.8, 4) is 5.82 Å². The Hall–Kier alpha value is -1.91. The molecule has 0 atom stereocenters. The minimum Gasteiger partial charge on any atom is -0.392 e. The van der Waals surface area contributed by atoms with Crippen LogP contribution < -0.4 is 0 Å². The van der Waals surface area contributed by atoms with Crippen LogP contribution in [0, 0.1) is 0 Å². The minimum atomic E-state index is -0.0717. The summed E-state index contributed by atoms with van der Waals surface area (Å²) in [6.45, 7) is -0.0717.